The Morgan fingerprint density at radius 1 is 1.47 bits per heavy atom. The highest BCUT2D eigenvalue weighted by Gasteiger charge is 2.20. The molecule has 0 aliphatic rings. The molecule has 1 rings (SSSR count). The predicted molar refractivity (Wildman–Crippen MR) is 69.0 cm³/mol. The number of hydrogen-bond donors (Lipinski definition) is 3. The van der Waals surface area contributed by atoms with Gasteiger partial charge in [0.1, 0.15) is 0 Å². The van der Waals surface area contributed by atoms with Gasteiger partial charge in [0.15, 0.2) is 0 Å². The zero-order valence-electron chi connectivity index (χ0n) is 10.8. The summed E-state index contributed by atoms with van der Waals surface area (Å²) >= 11 is 0. The summed E-state index contributed by atoms with van der Waals surface area (Å²) in [6.45, 7) is 8.02. The van der Waals surface area contributed by atoms with Crippen molar-refractivity contribution < 1.29 is 4.79 Å². The molecule has 5 nitrogen and oxygen atoms in total. The molecule has 0 radical (unpaired) electrons. The van der Waals surface area contributed by atoms with Crippen molar-refractivity contribution in [2.45, 2.75) is 33.2 Å². The third-order valence-corrected chi connectivity index (χ3v) is 2.56. The summed E-state index contributed by atoms with van der Waals surface area (Å²) in [4.78, 5) is 15.7. The van der Waals surface area contributed by atoms with Crippen LogP contribution in [0.1, 0.15) is 35.6 Å². The molecule has 1 heterocycles. The molecule has 0 aliphatic heterocycles. The van der Waals surface area contributed by atoms with Gasteiger partial charge in [0.05, 0.1) is 16.9 Å². The number of rotatable bonds is 4. The molecule has 0 unspecified atom stereocenters. The highest BCUT2D eigenvalue weighted by Crippen LogP contribution is 2.22. The number of nitrogens with one attached hydrogen (secondary N) is 1. The molecule has 0 saturated heterocycles. The van der Waals surface area contributed by atoms with Gasteiger partial charge in [-0.3, -0.25) is 9.78 Å². The lowest BCUT2D eigenvalue weighted by molar-refractivity contribution is 0.1000. The predicted octanol–water partition coefficient (Wildman–Crippen LogP) is 0.947. The quantitative estimate of drug-likeness (QED) is 0.725. The Balaban J connectivity index is 3.26. The van der Waals surface area contributed by atoms with Gasteiger partial charge in [-0.2, -0.15) is 0 Å². The lowest BCUT2D eigenvalue weighted by Gasteiger charge is -2.27. The summed E-state index contributed by atoms with van der Waals surface area (Å²) in [5.41, 5.74) is 13.3. The number of amides is 1. The molecule has 17 heavy (non-hydrogen) atoms. The summed E-state index contributed by atoms with van der Waals surface area (Å²) < 4.78 is 0. The average Bonchev–Trinajstić information content (AvgIpc) is 2.14. The lowest BCUT2D eigenvalue weighted by atomic mass is 10.0. The molecule has 0 bridgehead atoms. The molecule has 0 saturated carbocycles. The zero-order valence-corrected chi connectivity index (χ0v) is 10.8. The van der Waals surface area contributed by atoms with Crippen LogP contribution in [0.5, 0.6) is 0 Å². The smallest absolute Gasteiger partial charge is 0.252 e. The number of nitrogens with zero attached hydrogens (tertiary/aromatic N) is 1. The average molecular weight is 236 g/mol. The first-order valence-corrected chi connectivity index (χ1v) is 5.53. The maximum Gasteiger partial charge on any atom is 0.252 e. The maximum absolute atomic E-state index is 11.4. The van der Waals surface area contributed by atoms with E-state index in [-0.39, 0.29) is 5.54 Å². The van der Waals surface area contributed by atoms with E-state index in [2.05, 4.69) is 10.3 Å². The second-order valence-electron chi connectivity index (χ2n) is 4.85. The number of anilines is 1. The van der Waals surface area contributed by atoms with Crippen LogP contribution in [-0.4, -0.2) is 23.0 Å². The van der Waals surface area contributed by atoms with Crippen LogP contribution in [-0.2, 0) is 0 Å². The number of pyridine rings is 1. The number of carbonyl (C=O) groups is 1. The van der Waals surface area contributed by atoms with Gasteiger partial charge in [0.25, 0.3) is 5.91 Å². The summed E-state index contributed by atoms with van der Waals surface area (Å²) in [5, 5.41) is 3.23. The molecule has 0 spiro atoms. The first-order valence-electron chi connectivity index (χ1n) is 5.53. The van der Waals surface area contributed by atoms with Crippen LogP contribution in [0.3, 0.4) is 0 Å². The maximum atomic E-state index is 11.4. The molecular formula is C12H20N4O. The van der Waals surface area contributed by atoms with E-state index >= 15 is 0 Å². The van der Waals surface area contributed by atoms with Gasteiger partial charge in [-0.25, -0.2) is 0 Å². The molecule has 0 atom stereocenters. The van der Waals surface area contributed by atoms with Crippen molar-refractivity contribution in [2.24, 2.45) is 11.5 Å². The minimum Gasteiger partial charge on any atom is -0.378 e. The highest BCUT2D eigenvalue weighted by atomic mass is 16.1. The summed E-state index contributed by atoms with van der Waals surface area (Å²) in [6.07, 6.45) is 0. The van der Waals surface area contributed by atoms with E-state index < -0.39 is 5.91 Å². The second-order valence-corrected chi connectivity index (χ2v) is 4.85. The minimum absolute atomic E-state index is 0.301. The number of nitrogens with two attached hydrogens (primary N) is 2. The van der Waals surface area contributed by atoms with Crippen molar-refractivity contribution >= 4 is 11.6 Å². The fraction of sp³-hybridized carbons (Fsp3) is 0.500. The number of hydrogen-bond acceptors (Lipinski definition) is 4. The Labute approximate surface area is 102 Å². The van der Waals surface area contributed by atoms with E-state index in [1.165, 1.54) is 0 Å². The topological polar surface area (TPSA) is 94.0 Å². The van der Waals surface area contributed by atoms with E-state index in [9.17, 15) is 4.79 Å². The van der Waals surface area contributed by atoms with Crippen LogP contribution >= 0.6 is 0 Å². The molecule has 5 N–H and O–H groups in total. The minimum atomic E-state index is -0.481. The number of aryl methyl sites for hydroxylation is 2. The summed E-state index contributed by atoms with van der Waals surface area (Å²) in [6, 6.07) is 1.81. The SMILES string of the molecule is Cc1cc(NC(C)(C)CN)c(C(N)=O)c(C)n1. The van der Waals surface area contributed by atoms with E-state index in [1.54, 1.807) is 6.92 Å². The molecule has 1 aromatic heterocycles. The van der Waals surface area contributed by atoms with E-state index in [4.69, 9.17) is 11.5 Å². The first kappa shape index (κ1) is 13.4. The summed E-state index contributed by atoms with van der Waals surface area (Å²) in [7, 11) is 0. The fourth-order valence-corrected chi connectivity index (χ4v) is 1.65. The van der Waals surface area contributed by atoms with Crippen LogP contribution in [0, 0.1) is 13.8 Å². The third-order valence-electron chi connectivity index (χ3n) is 2.56. The third kappa shape index (κ3) is 3.17. The number of carbonyl (C=O) groups excluding carboxylic acids is 1. The monoisotopic (exact) mass is 236 g/mol. The van der Waals surface area contributed by atoms with Crippen LogP contribution < -0.4 is 16.8 Å². The highest BCUT2D eigenvalue weighted by molar-refractivity contribution is 5.99. The van der Waals surface area contributed by atoms with Gasteiger partial charge in [0, 0.05) is 17.8 Å². The van der Waals surface area contributed by atoms with E-state index in [0.717, 1.165) is 5.69 Å². The summed E-state index contributed by atoms with van der Waals surface area (Å²) in [5.74, 6) is -0.481. The van der Waals surface area contributed by atoms with Crippen LogP contribution in [0.2, 0.25) is 0 Å². The van der Waals surface area contributed by atoms with Gasteiger partial charge >= 0.3 is 0 Å². The molecule has 94 valence electrons. The van der Waals surface area contributed by atoms with Crippen LogP contribution in [0.15, 0.2) is 6.07 Å². The first-order chi connectivity index (χ1) is 7.76. The second kappa shape index (κ2) is 4.71. The van der Waals surface area contributed by atoms with Gasteiger partial charge in [-0.15, -0.1) is 0 Å². The van der Waals surface area contributed by atoms with Gasteiger partial charge < -0.3 is 16.8 Å². The van der Waals surface area contributed by atoms with Crippen LogP contribution in [0.25, 0.3) is 0 Å². The normalized spacial score (nSPS) is 11.4. The lowest BCUT2D eigenvalue weighted by Crippen LogP contribution is -2.40. The van der Waals surface area contributed by atoms with E-state index in [0.29, 0.717) is 23.5 Å². The Morgan fingerprint density at radius 3 is 2.53 bits per heavy atom. The molecule has 0 aliphatic carbocycles. The molecule has 0 aromatic carbocycles. The molecular weight excluding hydrogens is 216 g/mol. The standard InChI is InChI=1S/C12H20N4O/c1-7-5-9(16-12(3,4)6-13)10(11(14)17)8(2)15-7/h5H,6,13H2,1-4H3,(H2,14,17)(H,15,16). The molecule has 0 fully saturated rings. The Hall–Kier alpha value is -1.62. The van der Waals surface area contributed by atoms with Crippen molar-refractivity contribution in [3.63, 3.8) is 0 Å². The van der Waals surface area contributed by atoms with Crippen molar-refractivity contribution in [1.29, 1.82) is 0 Å². The number of aromatic nitrogens is 1. The van der Waals surface area contributed by atoms with Crippen molar-refractivity contribution in [2.75, 3.05) is 11.9 Å². The van der Waals surface area contributed by atoms with Crippen molar-refractivity contribution in [1.82, 2.24) is 4.98 Å². The van der Waals surface area contributed by atoms with Crippen molar-refractivity contribution in [3.05, 3.63) is 23.0 Å². The molecule has 5 heteroatoms. The zero-order chi connectivity index (χ0) is 13.2. The Kier molecular flexibility index (Phi) is 3.72. The van der Waals surface area contributed by atoms with Crippen molar-refractivity contribution in [3.8, 4) is 0 Å². The largest absolute Gasteiger partial charge is 0.378 e. The van der Waals surface area contributed by atoms with Crippen LogP contribution in [0.4, 0.5) is 5.69 Å². The Bertz CT molecular complexity index is 440. The Morgan fingerprint density at radius 2 is 2.06 bits per heavy atom. The van der Waals surface area contributed by atoms with Gasteiger partial charge in [-0.1, -0.05) is 0 Å². The van der Waals surface area contributed by atoms with E-state index in [1.807, 2.05) is 26.8 Å². The number of primary amides is 1. The fourth-order valence-electron chi connectivity index (χ4n) is 1.65. The van der Waals surface area contributed by atoms with Gasteiger partial charge in [0.2, 0.25) is 0 Å². The molecule has 1 amide bonds. The molecule has 1 aromatic rings. The van der Waals surface area contributed by atoms with Gasteiger partial charge in [-0.05, 0) is 33.8 Å².